The van der Waals surface area contributed by atoms with Crippen LogP contribution in [0.4, 0.5) is 10.5 Å². The lowest BCUT2D eigenvalue weighted by Crippen LogP contribution is -2.44. The molecule has 1 aromatic carbocycles. The van der Waals surface area contributed by atoms with Crippen LogP contribution in [0.15, 0.2) is 24.3 Å². The molecule has 2 rings (SSSR count). The lowest BCUT2D eigenvalue weighted by atomic mass is 9.94. The number of amides is 4. The fraction of sp³-hybridized carbons (Fsp3) is 0.500. The van der Waals surface area contributed by atoms with Gasteiger partial charge in [0.05, 0.1) is 10.7 Å². The summed E-state index contributed by atoms with van der Waals surface area (Å²) in [5, 5.41) is 5.74. The third-order valence-electron chi connectivity index (χ3n) is 4.33. The Hall–Kier alpha value is -2.08. The Labute approximate surface area is 152 Å². The fourth-order valence-corrected chi connectivity index (χ4v) is 3.04. The van der Waals surface area contributed by atoms with Crippen LogP contribution in [0.1, 0.15) is 46.0 Å². The summed E-state index contributed by atoms with van der Waals surface area (Å²) < 4.78 is 0. The van der Waals surface area contributed by atoms with Gasteiger partial charge in [0.25, 0.3) is 5.91 Å². The van der Waals surface area contributed by atoms with Gasteiger partial charge in [-0.15, -0.1) is 0 Å². The first-order valence-corrected chi connectivity index (χ1v) is 8.93. The molecule has 136 valence electrons. The molecule has 0 spiro atoms. The molecular weight excluding hydrogens is 342 g/mol. The predicted octanol–water partition coefficient (Wildman–Crippen LogP) is 3.56. The molecular formula is C18H24ClN3O3. The molecule has 1 aliphatic rings. The van der Waals surface area contributed by atoms with Crippen LogP contribution in [-0.2, 0) is 9.59 Å². The van der Waals surface area contributed by atoms with Gasteiger partial charge in [-0.25, -0.2) is 4.79 Å². The molecule has 0 bridgehead atoms. The summed E-state index contributed by atoms with van der Waals surface area (Å²) in [4.78, 5) is 37.9. The highest BCUT2D eigenvalue weighted by Crippen LogP contribution is 2.25. The van der Waals surface area contributed by atoms with E-state index in [1.807, 2.05) is 0 Å². The molecule has 1 aromatic rings. The third-order valence-corrected chi connectivity index (χ3v) is 4.65. The molecule has 1 fully saturated rings. The van der Waals surface area contributed by atoms with Crippen molar-refractivity contribution in [2.45, 2.75) is 51.5 Å². The lowest BCUT2D eigenvalue weighted by molar-refractivity contribution is -0.133. The number of rotatable bonds is 8. The highest BCUT2D eigenvalue weighted by molar-refractivity contribution is 6.33. The average molecular weight is 366 g/mol. The minimum absolute atomic E-state index is 0.333. The van der Waals surface area contributed by atoms with Crippen molar-refractivity contribution in [2.24, 2.45) is 0 Å². The van der Waals surface area contributed by atoms with Gasteiger partial charge in [-0.05, 0) is 25.5 Å². The molecule has 1 unspecified atom stereocenters. The van der Waals surface area contributed by atoms with Crippen LogP contribution >= 0.6 is 11.6 Å². The number of hydrogen-bond donors (Lipinski definition) is 2. The van der Waals surface area contributed by atoms with Gasteiger partial charge in [-0.3, -0.25) is 14.5 Å². The Morgan fingerprint density at radius 2 is 1.96 bits per heavy atom. The standard InChI is InChI=1S/C18H24ClN3O3/c1-3-4-5-8-11-18(2)16(24)22(17(25)21-18)12-15(23)20-14-10-7-6-9-13(14)19/h6-7,9-10H,3-5,8,11-12H2,1-2H3,(H,20,23)(H,21,25). The van der Waals surface area contributed by atoms with Gasteiger partial charge in [0, 0.05) is 0 Å². The van der Waals surface area contributed by atoms with Crippen LogP contribution in [0.2, 0.25) is 5.02 Å². The first kappa shape index (κ1) is 19.2. The third kappa shape index (κ3) is 4.72. The van der Waals surface area contributed by atoms with Crippen LogP contribution < -0.4 is 10.6 Å². The second-order valence-corrected chi connectivity index (χ2v) is 6.90. The zero-order valence-electron chi connectivity index (χ0n) is 14.6. The van der Waals surface area contributed by atoms with Crippen molar-refractivity contribution < 1.29 is 14.4 Å². The van der Waals surface area contributed by atoms with E-state index in [1.54, 1.807) is 31.2 Å². The number of carbonyl (C=O) groups excluding carboxylic acids is 3. The minimum atomic E-state index is -0.935. The summed E-state index contributed by atoms with van der Waals surface area (Å²) in [6, 6.07) is 6.27. The molecule has 0 aliphatic carbocycles. The normalized spacial score (nSPS) is 19.9. The largest absolute Gasteiger partial charge is 0.325 e. The van der Waals surface area contributed by atoms with Crippen LogP contribution in [0.25, 0.3) is 0 Å². The second-order valence-electron chi connectivity index (χ2n) is 6.49. The van der Waals surface area contributed by atoms with Gasteiger partial charge in [-0.2, -0.15) is 0 Å². The van der Waals surface area contributed by atoms with E-state index in [1.165, 1.54) is 0 Å². The molecule has 0 saturated carbocycles. The van der Waals surface area contributed by atoms with Gasteiger partial charge in [0.15, 0.2) is 0 Å². The molecule has 1 heterocycles. The molecule has 6 nitrogen and oxygen atoms in total. The molecule has 7 heteroatoms. The molecule has 4 amide bonds. The van der Waals surface area contributed by atoms with Crippen LogP contribution in [0.5, 0.6) is 0 Å². The maximum atomic E-state index is 12.6. The number of urea groups is 1. The Balaban J connectivity index is 1.95. The van der Waals surface area contributed by atoms with Crippen molar-refractivity contribution in [1.29, 1.82) is 0 Å². The minimum Gasteiger partial charge on any atom is -0.323 e. The van der Waals surface area contributed by atoms with Gasteiger partial charge in [0.1, 0.15) is 12.1 Å². The Morgan fingerprint density at radius 3 is 2.64 bits per heavy atom. The highest BCUT2D eigenvalue weighted by atomic mass is 35.5. The first-order valence-electron chi connectivity index (χ1n) is 8.56. The van der Waals surface area contributed by atoms with Crippen molar-refractivity contribution in [3.05, 3.63) is 29.3 Å². The number of benzene rings is 1. The zero-order valence-corrected chi connectivity index (χ0v) is 15.4. The van der Waals surface area contributed by atoms with Crippen molar-refractivity contribution in [2.75, 3.05) is 11.9 Å². The van der Waals surface area contributed by atoms with Crippen molar-refractivity contribution in [3.63, 3.8) is 0 Å². The lowest BCUT2D eigenvalue weighted by Gasteiger charge is -2.21. The van der Waals surface area contributed by atoms with Gasteiger partial charge >= 0.3 is 6.03 Å². The average Bonchev–Trinajstić information content (AvgIpc) is 2.77. The number of hydrogen-bond acceptors (Lipinski definition) is 3. The maximum Gasteiger partial charge on any atom is 0.325 e. The van der Waals surface area contributed by atoms with E-state index < -0.39 is 17.5 Å². The van der Waals surface area contributed by atoms with Gasteiger partial charge < -0.3 is 10.6 Å². The SMILES string of the molecule is CCCCCCC1(C)NC(=O)N(CC(=O)Nc2ccccc2Cl)C1=O. The molecule has 1 atom stereocenters. The monoisotopic (exact) mass is 365 g/mol. The van der Waals surface area contributed by atoms with E-state index in [0.29, 0.717) is 17.1 Å². The summed E-state index contributed by atoms with van der Waals surface area (Å²) in [6.45, 7) is 3.50. The van der Waals surface area contributed by atoms with Crippen LogP contribution in [-0.4, -0.2) is 34.8 Å². The Morgan fingerprint density at radius 1 is 1.24 bits per heavy atom. The van der Waals surface area contributed by atoms with Crippen molar-refractivity contribution in [3.8, 4) is 0 Å². The number of unbranched alkanes of at least 4 members (excludes halogenated alkanes) is 3. The maximum absolute atomic E-state index is 12.6. The smallest absolute Gasteiger partial charge is 0.323 e. The number of nitrogens with zero attached hydrogens (tertiary/aromatic N) is 1. The Kier molecular flexibility index (Phi) is 6.42. The summed E-state index contributed by atoms with van der Waals surface area (Å²) in [7, 11) is 0. The number of anilines is 1. The zero-order chi connectivity index (χ0) is 18.4. The number of carbonyl (C=O) groups is 3. The second kappa shape index (κ2) is 8.34. The van der Waals surface area contributed by atoms with Crippen molar-refractivity contribution in [1.82, 2.24) is 10.2 Å². The van der Waals surface area contributed by atoms with E-state index in [-0.39, 0.29) is 12.5 Å². The topological polar surface area (TPSA) is 78.5 Å². The molecule has 1 aliphatic heterocycles. The molecule has 25 heavy (non-hydrogen) atoms. The first-order chi connectivity index (χ1) is 11.9. The number of halogens is 1. The van der Waals surface area contributed by atoms with E-state index in [4.69, 9.17) is 11.6 Å². The summed E-state index contributed by atoms with van der Waals surface area (Å²) in [5.74, 6) is -0.824. The molecule has 1 saturated heterocycles. The van der Waals surface area contributed by atoms with Crippen LogP contribution in [0.3, 0.4) is 0 Å². The molecule has 2 N–H and O–H groups in total. The predicted molar refractivity (Wildman–Crippen MR) is 97.5 cm³/mol. The number of para-hydroxylation sites is 1. The summed E-state index contributed by atoms with van der Waals surface area (Å²) in [6.07, 6.45) is 4.64. The van der Waals surface area contributed by atoms with Crippen molar-refractivity contribution >= 4 is 35.1 Å². The summed E-state index contributed by atoms with van der Waals surface area (Å²) in [5.41, 5.74) is -0.487. The highest BCUT2D eigenvalue weighted by Gasteiger charge is 2.47. The molecule has 0 radical (unpaired) electrons. The summed E-state index contributed by atoms with van der Waals surface area (Å²) >= 11 is 6.00. The number of imide groups is 1. The fourth-order valence-electron chi connectivity index (χ4n) is 2.86. The van der Waals surface area contributed by atoms with E-state index in [9.17, 15) is 14.4 Å². The van der Waals surface area contributed by atoms with E-state index >= 15 is 0 Å². The van der Waals surface area contributed by atoms with Gasteiger partial charge in [-0.1, -0.05) is 56.3 Å². The quantitative estimate of drug-likeness (QED) is 0.546. The molecule has 0 aromatic heterocycles. The number of nitrogens with one attached hydrogen (secondary N) is 2. The van der Waals surface area contributed by atoms with Crippen LogP contribution in [0, 0.1) is 0 Å². The Bertz CT molecular complexity index is 665. The van der Waals surface area contributed by atoms with E-state index in [0.717, 1.165) is 30.6 Å². The van der Waals surface area contributed by atoms with E-state index in [2.05, 4.69) is 17.6 Å². The van der Waals surface area contributed by atoms with Gasteiger partial charge in [0.2, 0.25) is 5.91 Å².